The van der Waals surface area contributed by atoms with Gasteiger partial charge in [0, 0.05) is 11.9 Å². The predicted molar refractivity (Wildman–Crippen MR) is 73.5 cm³/mol. The molecule has 1 aromatic rings. The van der Waals surface area contributed by atoms with E-state index < -0.39 is 0 Å². The van der Waals surface area contributed by atoms with E-state index >= 15 is 0 Å². The average molecular weight is 327 g/mol. The number of nitrogens with zero attached hydrogens (tertiary/aromatic N) is 1. The number of esters is 1. The molecule has 1 heterocycles. The van der Waals surface area contributed by atoms with Crippen LogP contribution >= 0.6 is 15.9 Å². The normalized spacial score (nSPS) is 20.8. The molecule has 6 heteroatoms. The maximum Gasteiger partial charge on any atom is 0.309 e. The fourth-order valence-corrected chi connectivity index (χ4v) is 2.17. The Kier molecular flexibility index (Phi) is 4.19. The third-order valence-corrected chi connectivity index (χ3v) is 3.60. The van der Waals surface area contributed by atoms with E-state index in [0.717, 1.165) is 10.2 Å². The van der Waals surface area contributed by atoms with Gasteiger partial charge in [-0.05, 0) is 42.3 Å². The topological polar surface area (TPSA) is 68.3 Å². The van der Waals surface area contributed by atoms with Crippen LogP contribution in [0.25, 0.3) is 0 Å². The van der Waals surface area contributed by atoms with Gasteiger partial charge in [-0.1, -0.05) is 0 Å². The van der Waals surface area contributed by atoms with E-state index in [1.165, 1.54) is 0 Å². The molecule has 0 unspecified atom stereocenters. The van der Waals surface area contributed by atoms with Crippen LogP contribution in [0.1, 0.15) is 19.0 Å². The van der Waals surface area contributed by atoms with E-state index in [-0.39, 0.29) is 23.7 Å². The summed E-state index contributed by atoms with van der Waals surface area (Å²) >= 11 is 3.33. The SMILES string of the molecule is CCOC(=O)[C@H]1C[C@@H]1C(=O)Nc1cc(C)ncc1Br. The summed E-state index contributed by atoms with van der Waals surface area (Å²) < 4.78 is 5.62. The molecule has 2 atom stereocenters. The standard InChI is InChI=1S/C13H15BrN2O3/c1-3-19-13(18)9-5-8(9)12(17)16-11-4-7(2)15-6-10(11)14/h4,6,8-9H,3,5H2,1-2H3,(H,15,16,17)/t8-,9-/m0/s1. The fraction of sp³-hybridized carbons (Fsp3) is 0.462. The minimum atomic E-state index is -0.290. The number of hydrogen-bond acceptors (Lipinski definition) is 4. The molecule has 1 aliphatic carbocycles. The highest BCUT2D eigenvalue weighted by molar-refractivity contribution is 9.10. The van der Waals surface area contributed by atoms with Gasteiger partial charge in [0.25, 0.3) is 0 Å². The number of anilines is 1. The van der Waals surface area contributed by atoms with Crippen molar-refractivity contribution >= 4 is 33.5 Å². The molecule has 0 spiro atoms. The number of rotatable bonds is 4. The molecule has 1 fully saturated rings. The minimum Gasteiger partial charge on any atom is -0.466 e. The Morgan fingerprint density at radius 1 is 1.53 bits per heavy atom. The molecule has 1 amide bonds. The first-order chi connectivity index (χ1) is 9.02. The Morgan fingerprint density at radius 2 is 2.26 bits per heavy atom. The van der Waals surface area contributed by atoms with Crippen molar-refractivity contribution < 1.29 is 14.3 Å². The molecule has 2 rings (SSSR count). The highest BCUT2D eigenvalue weighted by atomic mass is 79.9. The number of ether oxygens (including phenoxy) is 1. The predicted octanol–water partition coefficient (Wildman–Crippen LogP) is 2.29. The molecule has 0 aliphatic heterocycles. The first kappa shape index (κ1) is 14.0. The Balaban J connectivity index is 1.96. The van der Waals surface area contributed by atoms with Crippen molar-refractivity contribution in [3.05, 3.63) is 22.4 Å². The third-order valence-electron chi connectivity index (χ3n) is 2.97. The lowest BCUT2D eigenvalue weighted by Crippen LogP contribution is -2.18. The zero-order valence-electron chi connectivity index (χ0n) is 10.8. The quantitative estimate of drug-likeness (QED) is 0.862. The second-order valence-electron chi connectivity index (χ2n) is 4.50. The zero-order valence-corrected chi connectivity index (χ0v) is 12.4. The number of halogens is 1. The van der Waals surface area contributed by atoms with Gasteiger partial charge >= 0.3 is 5.97 Å². The van der Waals surface area contributed by atoms with Gasteiger partial charge in [0.15, 0.2) is 0 Å². The smallest absolute Gasteiger partial charge is 0.309 e. The highest BCUT2D eigenvalue weighted by Gasteiger charge is 2.49. The summed E-state index contributed by atoms with van der Waals surface area (Å²) in [5.74, 6) is -1.00. The Bertz CT molecular complexity index is 519. The average Bonchev–Trinajstić information content (AvgIpc) is 3.14. The number of pyridine rings is 1. The molecule has 0 aromatic carbocycles. The van der Waals surface area contributed by atoms with Gasteiger partial charge in [-0.25, -0.2) is 0 Å². The lowest BCUT2D eigenvalue weighted by molar-refractivity contribution is -0.145. The van der Waals surface area contributed by atoms with Crippen LogP contribution in [-0.4, -0.2) is 23.5 Å². The molecule has 0 saturated heterocycles. The summed E-state index contributed by atoms with van der Waals surface area (Å²) in [5.41, 5.74) is 1.49. The molecule has 0 bridgehead atoms. The van der Waals surface area contributed by atoms with E-state index in [0.29, 0.717) is 18.7 Å². The van der Waals surface area contributed by atoms with E-state index in [2.05, 4.69) is 26.2 Å². The van der Waals surface area contributed by atoms with Gasteiger partial charge < -0.3 is 10.1 Å². The number of nitrogens with one attached hydrogen (secondary N) is 1. The molecule has 1 saturated carbocycles. The van der Waals surface area contributed by atoms with E-state index in [1.807, 2.05) is 6.92 Å². The molecule has 0 radical (unpaired) electrons. The summed E-state index contributed by atoms with van der Waals surface area (Å²) in [6.07, 6.45) is 2.20. The molecule has 5 nitrogen and oxygen atoms in total. The number of carbonyl (C=O) groups is 2. The molecule has 102 valence electrons. The van der Waals surface area contributed by atoms with Crippen LogP contribution in [0.4, 0.5) is 5.69 Å². The number of aromatic nitrogens is 1. The summed E-state index contributed by atoms with van der Waals surface area (Å²) in [6, 6.07) is 1.78. The third kappa shape index (κ3) is 3.32. The molecule has 1 aliphatic rings. The van der Waals surface area contributed by atoms with Crippen molar-refractivity contribution in [3.63, 3.8) is 0 Å². The van der Waals surface area contributed by atoms with Crippen LogP contribution in [0.3, 0.4) is 0 Å². The molecule has 19 heavy (non-hydrogen) atoms. The van der Waals surface area contributed by atoms with Gasteiger partial charge in [0.1, 0.15) is 0 Å². The lowest BCUT2D eigenvalue weighted by atomic mass is 10.2. The van der Waals surface area contributed by atoms with E-state index in [9.17, 15) is 9.59 Å². The molecular weight excluding hydrogens is 312 g/mol. The van der Waals surface area contributed by atoms with E-state index in [4.69, 9.17) is 4.74 Å². The molecule has 1 N–H and O–H groups in total. The zero-order chi connectivity index (χ0) is 14.0. The first-order valence-electron chi connectivity index (χ1n) is 6.12. The number of amides is 1. The first-order valence-corrected chi connectivity index (χ1v) is 6.92. The van der Waals surface area contributed by atoms with Crippen molar-refractivity contribution in [3.8, 4) is 0 Å². The maximum absolute atomic E-state index is 12.0. The van der Waals surface area contributed by atoms with Crippen LogP contribution in [0.15, 0.2) is 16.7 Å². The summed E-state index contributed by atoms with van der Waals surface area (Å²) in [6.45, 7) is 3.95. The van der Waals surface area contributed by atoms with Gasteiger partial charge in [0.2, 0.25) is 5.91 Å². The summed E-state index contributed by atoms with van der Waals surface area (Å²) in [7, 11) is 0. The van der Waals surface area contributed by atoms with Gasteiger partial charge in [-0.2, -0.15) is 0 Å². The van der Waals surface area contributed by atoms with Gasteiger partial charge in [-0.15, -0.1) is 0 Å². The fourth-order valence-electron chi connectivity index (χ4n) is 1.86. The van der Waals surface area contributed by atoms with Crippen molar-refractivity contribution in [2.75, 3.05) is 11.9 Å². The Hall–Kier alpha value is -1.43. The largest absolute Gasteiger partial charge is 0.466 e. The maximum atomic E-state index is 12.0. The molecular formula is C13H15BrN2O3. The van der Waals surface area contributed by atoms with Crippen LogP contribution in [0.2, 0.25) is 0 Å². The van der Waals surface area contributed by atoms with Crippen LogP contribution in [0, 0.1) is 18.8 Å². The van der Waals surface area contributed by atoms with Gasteiger partial charge in [-0.3, -0.25) is 14.6 Å². The van der Waals surface area contributed by atoms with Crippen molar-refractivity contribution in [1.82, 2.24) is 4.98 Å². The van der Waals surface area contributed by atoms with Crippen molar-refractivity contribution in [2.45, 2.75) is 20.3 Å². The Morgan fingerprint density at radius 3 is 2.95 bits per heavy atom. The van der Waals surface area contributed by atoms with E-state index in [1.54, 1.807) is 19.2 Å². The second-order valence-corrected chi connectivity index (χ2v) is 5.35. The highest BCUT2D eigenvalue weighted by Crippen LogP contribution is 2.40. The van der Waals surface area contributed by atoms with Crippen LogP contribution < -0.4 is 5.32 Å². The summed E-state index contributed by atoms with van der Waals surface area (Å²) in [4.78, 5) is 27.6. The lowest BCUT2D eigenvalue weighted by Gasteiger charge is -2.07. The number of aryl methyl sites for hydroxylation is 1. The second kappa shape index (κ2) is 5.69. The van der Waals surface area contributed by atoms with Gasteiger partial charge in [0.05, 0.1) is 28.6 Å². The van der Waals surface area contributed by atoms with Crippen LogP contribution in [-0.2, 0) is 14.3 Å². The number of carbonyl (C=O) groups excluding carboxylic acids is 2. The number of hydrogen-bond donors (Lipinski definition) is 1. The van der Waals surface area contributed by atoms with Crippen molar-refractivity contribution in [2.24, 2.45) is 11.8 Å². The monoisotopic (exact) mass is 326 g/mol. The summed E-state index contributed by atoms with van der Waals surface area (Å²) in [5, 5.41) is 2.81. The van der Waals surface area contributed by atoms with Crippen LogP contribution in [0.5, 0.6) is 0 Å². The Labute approximate surface area is 119 Å². The van der Waals surface area contributed by atoms with Crippen molar-refractivity contribution in [1.29, 1.82) is 0 Å². The minimum absolute atomic E-state index is 0.149. The molecule has 1 aromatic heterocycles.